The highest BCUT2D eigenvalue weighted by Gasteiger charge is 2.26. The Balaban J connectivity index is 1.89. The summed E-state index contributed by atoms with van der Waals surface area (Å²) in [6.45, 7) is 2.23. The molecule has 1 heteroatoms. The van der Waals surface area contributed by atoms with Crippen LogP contribution in [-0.2, 0) is 4.79 Å². The summed E-state index contributed by atoms with van der Waals surface area (Å²) in [4.78, 5) is 11.9. The number of hydrogen-bond acceptors (Lipinski definition) is 1. The van der Waals surface area contributed by atoms with Crippen molar-refractivity contribution in [1.29, 1.82) is 0 Å². The van der Waals surface area contributed by atoms with Crippen LogP contribution in [-0.4, -0.2) is 5.78 Å². The van der Waals surface area contributed by atoms with Gasteiger partial charge in [0.2, 0.25) is 0 Å². The van der Waals surface area contributed by atoms with Crippen molar-refractivity contribution >= 4 is 11.9 Å². The lowest BCUT2D eigenvalue weighted by Crippen LogP contribution is -2.24. The van der Waals surface area contributed by atoms with E-state index >= 15 is 0 Å². The molecule has 1 fully saturated rings. The number of ketones is 1. The van der Waals surface area contributed by atoms with Crippen LogP contribution in [0.3, 0.4) is 0 Å². The molecule has 18 heavy (non-hydrogen) atoms. The van der Waals surface area contributed by atoms with Gasteiger partial charge in [-0.1, -0.05) is 55.8 Å². The maximum atomic E-state index is 11.9. The van der Waals surface area contributed by atoms with Gasteiger partial charge in [-0.05, 0) is 30.7 Å². The van der Waals surface area contributed by atoms with Crippen molar-refractivity contribution in [2.24, 2.45) is 11.8 Å². The van der Waals surface area contributed by atoms with Gasteiger partial charge in [0.15, 0.2) is 0 Å². The smallest absolute Gasteiger partial charge is 0.136 e. The Morgan fingerprint density at radius 2 is 2.06 bits per heavy atom. The SMILES string of the molecule is CCC1CCC(=O)C(CC=Cc2ccccc2)C1. The lowest BCUT2D eigenvalue weighted by atomic mass is 9.78. The van der Waals surface area contributed by atoms with Gasteiger partial charge in [0, 0.05) is 12.3 Å². The van der Waals surface area contributed by atoms with Crippen LogP contribution in [0, 0.1) is 11.8 Å². The molecule has 2 atom stereocenters. The van der Waals surface area contributed by atoms with E-state index in [0.717, 1.165) is 31.6 Å². The summed E-state index contributed by atoms with van der Waals surface area (Å²) in [5.41, 5.74) is 1.22. The Hall–Kier alpha value is -1.37. The Bertz CT molecular complexity index is 405. The van der Waals surface area contributed by atoms with Crippen molar-refractivity contribution in [1.82, 2.24) is 0 Å². The van der Waals surface area contributed by atoms with Gasteiger partial charge in [-0.25, -0.2) is 0 Å². The number of benzene rings is 1. The second-order valence-corrected chi connectivity index (χ2v) is 5.26. The highest BCUT2D eigenvalue weighted by Crippen LogP contribution is 2.30. The van der Waals surface area contributed by atoms with Crippen LogP contribution in [0.1, 0.15) is 44.6 Å². The third kappa shape index (κ3) is 3.56. The van der Waals surface area contributed by atoms with E-state index in [1.807, 2.05) is 18.2 Å². The zero-order valence-electron chi connectivity index (χ0n) is 11.1. The van der Waals surface area contributed by atoms with E-state index in [1.165, 1.54) is 12.0 Å². The monoisotopic (exact) mass is 242 g/mol. The molecule has 0 spiro atoms. The summed E-state index contributed by atoms with van der Waals surface area (Å²) < 4.78 is 0. The van der Waals surface area contributed by atoms with Crippen LogP contribution in [0.4, 0.5) is 0 Å². The van der Waals surface area contributed by atoms with E-state index in [1.54, 1.807) is 0 Å². The molecule has 1 nitrogen and oxygen atoms in total. The summed E-state index contributed by atoms with van der Waals surface area (Å²) in [5.74, 6) is 1.50. The Kier molecular flexibility index (Phi) is 4.74. The minimum atomic E-state index is 0.267. The van der Waals surface area contributed by atoms with Crippen LogP contribution in [0.2, 0.25) is 0 Å². The normalized spacial score (nSPS) is 24.6. The second-order valence-electron chi connectivity index (χ2n) is 5.26. The summed E-state index contributed by atoms with van der Waals surface area (Å²) in [6.07, 6.45) is 9.40. The molecule has 1 aliphatic carbocycles. The fourth-order valence-electron chi connectivity index (χ4n) is 2.73. The van der Waals surface area contributed by atoms with Crippen molar-refractivity contribution in [2.45, 2.75) is 39.0 Å². The van der Waals surface area contributed by atoms with E-state index in [0.29, 0.717) is 5.78 Å². The van der Waals surface area contributed by atoms with Gasteiger partial charge >= 0.3 is 0 Å². The lowest BCUT2D eigenvalue weighted by molar-refractivity contribution is -0.125. The molecule has 2 unspecified atom stereocenters. The van der Waals surface area contributed by atoms with E-state index in [2.05, 4.69) is 31.2 Å². The van der Waals surface area contributed by atoms with Gasteiger partial charge in [0.25, 0.3) is 0 Å². The van der Waals surface area contributed by atoms with Crippen LogP contribution in [0.5, 0.6) is 0 Å². The molecule has 1 aromatic rings. The highest BCUT2D eigenvalue weighted by atomic mass is 16.1. The third-order valence-electron chi connectivity index (χ3n) is 3.98. The Labute approximate surface area is 110 Å². The summed E-state index contributed by atoms with van der Waals surface area (Å²) in [6, 6.07) is 10.3. The van der Waals surface area contributed by atoms with Crippen molar-refractivity contribution < 1.29 is 4.79 Å². The molecular weight excluding hydrogens is 220 g/mol. The molecule has 1 aliphatic rings. The molecule has 0 amide bonds. The van der Waals surface area contributed by atoms with Crippen molar-refractivity contribution in [3.63, 3.8) is 0 Å². The van der Waals surface area contributed by atoms with Crippen LogP contribution in [0.15, 0.2) is 36.4 Å². The van der Waals surface area contributed by atoms with Crippen molar-refractivity contribution in [2.75, 3.05) is 0 Å². The molecule has 0 heterocycles. The zero-order valence-corrected chi connectivity index (χ0v) is 11.1. The fourth-order valence-corrected chi connectivity index (χ4v) is 2.73. The number of Topliss-reactive ketones (excluding diaryl/α,β-unsaturated/α-hetero) is 1. The average Bonchev–Trinajstić information content (AvgIpc) is 2.42. The Morgan fingerprint density at radius 3 is 2.78 bits per heavy atom. The number of hydrogen-bond donors (Lipinski definition) is 0. The van der Waals surface area contributed by atoms with E-state index in [4.69, 9.17) is 0 Å². The largest absolute Gasteiger partial charge is 0.299 e. The number of carbonyl (C=O) groups excluding carboxylic acids is 1. The molecule has 1 saturated carbocycles. The molecule has 96 valence electrons. The van der Waals surface area contributed by atoms with Crippen LogP contribution >= 0.6 is 0 Å². The molecule has 0 bridgehead atoms. The standard InChI is InChI=1S/C17H22O/c1-2-14-11-12-17(18)16(13-14)10-6-9-15-7-4-3-5-8-15/h3-9,14,16H,2,10-13H2,1H3. The maximum absolute atomic E-state index is 11.9. The predicted octanol–water partition coefficient (Wildman–Crippen LogP) is 4.49. The third-order valence-corrected chi connectivity index (χ3v) is 3.98. The van der Waals surface area contributed by atoms with E-state index < -0.39 is 0 Å². The van der Waals surface area contributed by atoms with Gasteiger partial charge < -0.3 is 0 Å². The van der Waals surface area contributed by atoms with Gasteiger partial charge in [-0.15, -0.1) is 0 Å². The lowest BCUT2D eigenvalue weighted by Gasteiger charge is -2.26. The number of rotatable bonds is 4. The molecule has 0 radical (unpaired) electrons. The van der Waals surface area contributed by atoms with Crippen molar-refractivity contribution in [3.05, 3.63) is 42.0 Å². The van der Waals surface area contributed by atoms with E-state index in [9.17, 15) is 4.79 Å². The summed E-state index contributed by atoms with van der Waals surface area (Å²) in [7, 11) is 0. The number of allylic oxidation sites excluding steroid dienone is 1. The first-order valence-corrected chi connectivity index (χ1v) is 7.04. The molecule has 2 rings (SSSR count). The fraction of sp³-hybridized carbons (Fsp3) is 0.471. The minimum absolute atomic E-state index is 0.267. The first-order chi connectivity index (χ1) is 8.79. The first kappa shape index (κ1) is 13.1. The molecule has 0 aromatic heterocycles. The average molecular weight is 242 g/mol. The topological polar surface area (TPSA) is 17.1 Å². The van der Waals surface area contributed by atoms with E-state index in [-0.39, 0.29) is 5.92 Å². The van der Waals surface area contributed by atoms with Gasteiger partial charge in [-0.3, -0.25) is 4.79 Å². The molecule has 1 aromatic carbocycles. The molecular formula is C17H22O. The maximum Gasteiger partial charge on any atom is 0.136 e. The minimum Gasteiger partial charge on any atom is -0.299 e. The van der Waals surface area contributed by atoms with Gasteiger partial charge in [0.1, 0.15) is 5.78 Å². The molecule has 0 N–H and O–H groups in total. The van der Waals surface area contributed by atoms with Crippen molar-refractivity contribution in [3.8, 4) is 0 Å². The molecule has 0 aliphatic heterocycles. The number of carbonyl (C=O) groups is 1. The van der Waals surface area contributed by atoms with Crippen LogP contribution < -0.4 is 0 Å². The summed E-state index contributed by atoms with van der Waals surface area (Å²) >= 11 is 0. The summed E-state index contributed by atoms with van der Waals surface area (Å²) in [5, 5.41) is 0. The van der Waals surface area contributed by atoms with Gasteiger partial charge in [-0.2, -0.15) is 0 Å². The quantitative estimate of drug-likeness (QED) is 0.760. The molecule has 0 saturated heterocycles. The second kappa shape index (κ2) is 6.53. The van der Waals surface area contributed by atoms with Crippen LogP contribution in [0.25, 0.3) is 6.08 Å². The predicted molar refractivity (Wildman–Crippen MR) is 76.2 cm³/mol. The zero-order chi connectivity index (χ0) is 12.8. The van der Waals surface area contributed by atoms with Gasteiger partial charge in [0.05, 0.1) is 0 Å². The highest BCUT2D eigenvalue weighted by molar-refractivity contribution is 5.82. The Morgan fingerprint density at radius 1 is 1.28 bits per heavy atom. The first-order valence-electron chi connectivity index (χ1n) is 7.04.